The summed E-state index contributed by atoms with van der Waals surface area (Å²) in [6.45, 7) is -0.213. The van der Waals surface area contributed by atoms with Gasteiger partial charge in [0.1, 0.15) is 17.5 Å². The number of sulfonamides is 1. The molecule has 0 aliphatic rings. The molecule has 0 bridgehead atoms. The van der Waals surface area contributed by atoms with Gasteiger partial charge in [-0.25, -0.2) is 25.9 Å². The van der Waals surface area contributed by atoms with Crippen molar-refractivity contribution in [2.75, 3.05) is 7.05 Å². The summed E-state index contributed by atoms with van der Waals surface area (Å²) in [5.74, 6) is -2.31. The Bertz CT molecular complexity index is 761. The van der Waals surface area contributed by atoms with Gasteiger partial charge in [0, 0.05) is 25.2 Å². The highest BCUT2D eigenvalue weighted by Crippen LogP contribution is 2.16. The van der Waals surface area contributed by atoms with Crippen molar-refractivity contribution in [1.82, 2.24) is 4.31 Å². The van der Waals surface area contributed by atoms with Crippen LogP contribution in [0.5, 0.6) is 0 Å². The van der Waals surface area contributed by atoms with Crippen LogP contribution < -0.4 is 0 Å². The lowest BCUT2D eigenvalue weighted by molar-refractivity contribution is 0.454. The SMILES string of the molecule is CN(Cc1ccc(F)cc1F)S(=O)(=O)Cc1ccc(F)cc1. The maximum Gasteiger partial charge on any atom is 0.218 e. The van der Waals surface area contributed by atoms with E-state index in [2.05, 4.69) is 0 Å². The zero-order valence-electron chi connectivity index (χ0n) is 11.8. The lowest BCUT2D eigenvalue weighted by Gasteiger charge is -2.17. The van der Waals surface area contributed by atoms with Crippen LogP contribution in [0.2, 0.25) is 0 Å². The molecule has 2 aromatic rings. The van der Waals surface area contributed by atoms with Gasteiger partial charge in [0.2, 0.25) is 10.0 Å². The molecule has 0 aromatic heterocycles. The standard InChI is InChI=1S/C15H14F3NO2S/c1-19(9-12-4-7-14(17)8-15(12)18)22(20,21)10-11-2-5-13(16)6-3-11/h2-8H,9-10H2,1H3. The topological polar surface area (TPSA) is 37.4 Å². The van der Waals surface area contributed by atoms with Crippen molar-refractivity contribution in [2.24, 2.45) is 0 Å². The number of hydrogen-bond acceptors (Lipinski definition) is 2. The fourth-order valence-corrected chi connectivity index (χ4v) is 3.06. The average Bonchev–Trinajstić information content (AvgIpc) is 2.44. The minimum absolute atomic E-state index is 0.0755. The van der Waals surface area contributed by atoms with Gasteiger partial charge in [-0.1, -0.05) is 18.2 Å². The molecule has 3 nitrogen and oxygen atoms in total. The van der Waals surface area contributed by atoms with Gasteiger partial charge in [-0.3, -0.25) is 0 Å². The van der Waals surface area contributed by atoms with Crippen molar-refractivity contribution in [1.29, 1.82) is 0 Å². The number of hydrogen-bond donors (Lipinski definition) is 0. The normalized spacial score (nSPS) is 11.9. The van der Waals surface area contributed by atoms with E-state index in [0.717, 1.165) is 10.4 Å². The van der Waals surface area contributed by atoms with E-state index in [4.69, 9.17) is 0 Å². The minimum atomic E-state index is -3.70. The van der Waals surface area contributed by atoms with Crippen molar-refractivity contribution < 1.29 is 21.6 Å². The first kappa shape index (κ1) is 16.5. The van der Waals surface area contributed by atoms with Crippen LogP contribution in [0.4, 0.5) is 13.2 Å². The average molecular weight is 329 g/mol. The van der Waals surface area contributed by atoms with Gasteiger partial charge >= 0.3 is 0 Å². The van der Waals surface area contributed by atoms with Crippen LogP contribution in [-0.4, -0.2) is 19.8 Å². The molecule has 0 spiro atoms. The van der Waals surface area contributed by atoms with Gasteiger partial charge in [0.05, 0.1) is 5.75 Å². The number of rotatable bonds is 5. The smallest absolute Gasteiger partial charge is 0.212 e. The van der Waals surface area contributed by atoms with Gasteiger partial charge in [-0.05, 0) is 23.8 Å². The summed E-state index contributed by atoms with van der Waals surface area (Å²) >= 11 is 0. The first-order valence-corrected chi connectivity index (χ1v) is 8.01. The Hall–Kier alpha value is -1.86. The second-order valence-corrected chi connectivity index (χ2v) is 6.95. The van der Waals surface area contributed by atoms with Crippen LogP contribution >= 0.6 is 0 Å². The van der Waals surface area contributed by atoms with Gasteiger partial charge in [-0.15, -0.1) is 0 Å². The molecule has 2 aromatic carbocycles. The van der Waals surface area contributed by atoms with Crippen molar-refractivity contribution in [2.45, 2.75) is 12.3 Å². The second kappa shape index (κ2) is 6.50. The fourth-order valence-electron chi connectivity index (χ4n) is 1.89. The third-order valence-corrected chi connectivity index (χ3v) is 4.92. The molecule has 0 radical (unpaired) electrons. The molecule has 0 aliphatic carbocycles. The van der Waals surface area contributed by atoms with Gasteiger partial charge in [0.25, 0.3) is 0 Å². The minimum Gasteiger partial charge on any atom is -0.212 e. The summed E-state index contributed by atoms with van der Waals surface area (Å²) in [5, 5.41) is 0. The van der Waals surface area contributed by atoms with E-state index in [1.165, 1.54) is 37.4 Å². The molecular weight excluding hydrogens is 315 g/mol. The molecule has 0 amide bonds. The quantitative estimate of drug-likeness (QED) is 0.845. The van der Waals surface area contributed by atoms with Crippen molar-refractivity contribution in [3.8, 4) is 0 Å². The molecule has 0 unspecified atom stereocenters. The van der Waals surface area contributed by atoms with Crippen LogP contribution in [0, 0.1) is 17.5 Å². The number of halogens is 3. The van der Waals surface area contributed by atoms with Crippen molar-refractivity contribution in [3.05, 3.63) is 71.0 Å². The first-order chi connectivity index (χ1) is 10.3. The van der Waals surface area contributed by atoms with Gasteiger partial charge in [0.15, 0.2) is 0 Å². The zero-order chi connectivity index (χ0) is 16.3. The Balaban J connectivity index is 2.13. The predicted octanol–water partition coefficient (Wildman–Crippen LogP) is 3.07. The monoisotopic (exact) mass is 329 g/mol. The summed E-state index contributed by atoms with van der Waals surface area (Å²) < 4.78 is 64.6. The highest BCUT2D eigenvalue weighted by Gasteiger charge is 2.20. The number of benzene rings is 2. The molecule has 0 N–H and O–H groups in total. The van der Waals surface area contributed by atoms with E-state index in [0.29, 0.717) is 11.6 Å². The van der Waals surface area contributed by atoms with Crippen molar-refractivity contribution >= 4 is 10.0 Å². The Kier molecular flexibility index (Phi) is 4.87. The summed E-state index contributed by atoms with van der Waals surface area (Å²) in [4.78, 5) is 0. The Morgan fingerprint density at radius 2 is 1.55 bits per heavy atom. The third kappa shape index (κ3) is 4.08. The van der Waals surface area contributed by atoms with Gasteiger partial charge in [-0.2, -0.15) is 0 Å². The van der Waals surface area contributed by atoms with E-state index in [9.17, 15) is 21.6 Å². The van der Waals surface area contributed by atoms with E-state index in [1.54, 1.807) is 0 Å². The Morgan fingerprint density at radius 3 is 2.14 bits per heavy atom. The van der Waals surface area contributed by atoms with E-state index >= 15 is 0 Å². The lowest BCUT2D eigenvalue weighted by atomic mass is 10.2. The molecule has 0 heterocycles. The highest BCUT2D eigenvalue weighted by molar-refractivity contribution is 7.88. The summed E-state index contributed by atoms with van der Waals surface area (Å²) in [5.41, 5.74) is 0.499. The molecule has 0 saturated carbocycles. The van der Waals surface area contributed by atoms with Crippen LogP contribution in [0.15, 0.2) is 42.5 Å². The molecular formula is C15H14F3NO2S. The maximum atomic E-state index is 13.6. The van der Waals surface area contributed by atoms with Gasteiger partial charge < -0.3 is 0 Å². The highest BCUT2D eigenvalue weighted by atomic mass is 32.2. The Labute approximate surface area is 127 Å². The van der Waals surface area contributed by atoms with Crippen LogP contribution in [0.1, 0.15) is 11.1 Å². The summed E-state index contributed by atoms with van der Waals surface area (Å²) in [6, 6.07) is 8.07. The van der Waals surface area contributed by atoms with Crippen LogP contribution in [0.3, 0.4) is 0 Å². The molecule has 22 heavy (non-hydrogen) atoms. The molecule has 2 rings (SSSR count). The van der Waals surface area contributed by atoms with E-state index in [-0.39, 0.29) is 17.9 Å². The predicted molar refractivity (Wildman–Crippen MR) is 76.8 cm³/mol. The molecule has 0 aliphatic heterocycles. The van der Waals surface area contributed by atoms with E-state index < -0.39 is 27.5 Å². The molecule has 118 valence electrons. The van der Waals surface area contributed by atoms with E-state index in [1.807, 2.05) is 0 Å². The molecule has 0 fully saturated rings. The largest absolute Gasteiger partial charge is 0.218 e. The first-order valence-electron chi connectivity index (χ1n) is 6.40. The third-order valence-electron chi connectivity index (χ3n) is 3.15. The fraction of sp³-hybridized carbons (Fsp3) is 0.200. The molecule has 7 heteroatoms. The number of nitrogens with zero attached hydrogens (tertiary/aromatic N) is 1. The van der Waals surface area contributed by atoms with Crippen LogP contribution in [-0.2, 0) is 22.3 Å². The zero-order valence-corrected chi connectivity index (χ0v) is 12.6. The summed E-state index contributed by atoms with van der Waals surface area (Å²) in [6.07, 6.45) is 0. The van der Waals surface area contributed by atoms with Crippen LogP contribution in [0.25, 0.3) is 0 Å². The molecule has 0 saturated heterocycles. The second-order valence-electron chi connectivity index (χ2n) is 4.87. The maximum absolute atomic E-state index is 13.6. The molecule has 0 atom stereocenters. The van der Waals surface area contributed by atoms with Crippen molar-refractivity contribution in [3.63, 3.8) is 0 Å². The summed E-state index contributed by atoms with van der Waals surface area (Å²) in [7, 11) is -2.39. The Morgan fingerprint density at radius 1 is 0.955 bits per heavy atom. The lowest BCUT2D eigenvalue weighted by Crippen LogP contribution is -2.28.